The molecule has 0 radical (unpaired) electrons. The first-order valence-electron chi connectivity index (χ1n) is 16.1. The van der Waals surface area contributed by atoms with Gasteiger partial charge in [-0.3, -0.25) is 4.99 Å². The summed E-state index contributed by atoms with van der Waals surface area (Å²) in [5.41, 5.74) is 9.99. The number of hydrogen-bond acceptors (Lipinski definition) is 10. The molecule has 1 heterocycles. The molecule has 1 aliphatic carbocycles. The second-order valence-electron chi connectivity index (χ2n) is 11.2. The lowest BCUT2D eigenvalue weighted by Gasteiger charge is -2.11. The Morgan fingerprint density at radius 3 is 1.98 bits per heavy atom. The molecule has 47 heavy (non-hydrogen) atoms. The zero-order chi connectivity index (χ0) is 34.5. The Morgan fingerprint density at radius 1 is 0.745 bits per heavy atom. The normalized spacial score (nSPS) is 11.0. The average Bonchev–Trinajstić information content (AvgIpc) is 3.04. The third kappa shape index (κ3) is 10.0. The van der Waals surface area contributed by atoms with Crippen molar-refractivity contribution in [1.29, 1.82) is 0 Å². The lowest BCUT2D eigenvalue weighted by molar-refractivity contribution is 0.312. The van der Waals surface area contributed by atoms with Crippen molar-refractivity contribution < 1.29 is 19.5 Å². The zero-order valence-electron chi connectivity index (χ0n) is 28.9. The molecule has 5 rings (SSSR count). The van der Waals surface area contributed by atoms with Crippen LogP contribution >= 0.6 is 0 Å². The SMILES string of the molecule is CCCN=c1cc2oc3cc(NCC)c(C)cc3nc-2cc1C.CCNc1cc(O)c(ON)cc1C.CCNc1cc(O)ccc1C. The molecule has 3 aromatic carbocycles. The number of fused-ring (bicyclic) bond motifs is 2. The van der Waals surface area contributed by atoms with Crippen LogP contribution in [0.1, 0.15) is 56.4 Å². The van der Waals surface area contributed by atoms with Gasteiger partial charge in [0.1, 0.15) is 17.0 Å². The molecule has 0 spiro atoms. The standard InChI is InChI=1S/C19H23N3O.C9H14N2O2.C9H13NO/c1-5-7-21-15-11-19-17(9-13(15)4)22-16-8-12(3)14(20-6-2)10-18(16)23-19;1-3-11-7-5-8(12)9(13-10)4-6(7)2;1-3-10-9-6-8(11)5-4-7(9)2/h8-11,20H,5-7H2,1-4H3;4-5,11-12H,3,10H2,1-2H3;4-6,10-11H,3H2,1-2H3. The number of nitrogens with one attached hydrogen (secondary N) is 3. The van der Waals surface area contributed by atoms with Gasteiger partial charge in [0.05, 0.1) is 5.36 Å². The lowest BCUT2D eigenvalue weighted by atomic mass is 10.1. The van der Waals surface area contributed by atoms with Gasteiger partial charge in [-0.2, -0.15) is 5.90 Å². The largest absolute Gasteiger partial charge is 0.508 e. The van der Waals surface area contributed by atoms with E-state index in [2.05, 4.69) is 65.6 Å². The summed E-state index contributed by atoms with van der Waals surface area (Å²) >= 11 is 0. The van der Waals surface area contributed by atoms with Gasteiger partial charge in [-0.1, -0.05) is 13.0 Å². The molecule has 0 saturated heterocycles. The number of nitrogens with two attached hydrogens (primary N) is 1. The lowest BCUT2D eigenvalue weighted by Crippen LogP contribution is -2.09. The van der Waals surface area contributed by atoms with Crippen LogP contribution in [0.25, 0.3) is 22.6 Å². The number of phenols is 2. The minimum absolute atomic E-state index is 0.0454. The van der Waals surface area contributed by atoms with Crippen molar-refractivity contribution in [3.8, 4) is 28.7 Å². The van der Waals surface area contributed by atoms with Gasteiger partial charge in [0.25, 0.3) is 0 Å². The molecule has 0 saturated carbocycles. The minimum Gasteiger partial charge on any atom is -0.508 e. The second-order valence-corrected chi connectivity index (χ2v) is 11.2. The van der Waals surface area contributed by atoms with Gasteiger partial charge in [0.2, 0.25) is 0 Å². The number of aromatic nitrogens is 1. The smallest absolute Gasteiger partial charge is 0.188 e. The van der Waals surface area contributed by atoms with Crippen LogP contribution in [0.4, 0.5) is 17.1 Å². The summed E-state index contributed by atoms with van der Waals surface area (Å²) in [6.45, 7) is 19.7. The third-order valence-corrected chi connectivity index (χ3v) is 7.31. The highest BCUT2D eigenvalue weighted by Gasteiger charge is 2.12. The number of benzene rings is 4. The van der Waals surface area contributed by atoms with Gasteiger partial charge < -0.3 is 35.4 Å². The van der Waals surface area contributed by atoms with Crippen molar-refractivity contribution in [3.05, 3.63) is 82.2 Å². The topological polar surface area (TPSA) is 150 Å². The molecule has 2 aliphatic rings. The number of phenolic OH excluding ortho intramolecular Hbond substituents is 2. The molecule has 0 fully saturated rings. The van der Waals surface area contributed by atoms with E-state index in [9.17, 15) is 5.11 Å². The van der Waals surface area contributed by atoms with Crippen molar-refractivity contribution in [2.24, 2.45) is 10.9 Å². The number of rotatable bonds is 9. The Bertz CT molecular complexity index is 1800. The molecular weight excluding hydrogens is 592 g/mol. The fourth-order valence-corrected chi connectivity index (χ4v) is 4.84. The van der Waals surface area contributed by atoms with E-state index in [0.29, 0.717) is 11.5 Å². The first kappa shape index (κ1) is 36.5. The van der Waals surface area contributed by atoms with Crippen molar-refractivity contribution in [2.45, 2.75) is 61.8 Å². The summed E-state index contributed by atoms with van der Waals surface area (Å²) in [6, 6.07) is 16.8. The van der Waals surface area contributed by atoms with Crippen LogP contribution in [0.15, 0.2) is 64.0 Å². The van der Waals surface area contributed by atoms with Crippen molar-refractivity contribution in [2.75, 3.05) is 42.1 Å². The van der Waals surface area contributed by atoms with Gasteiger partial charge in [-0.25, -0.2) is 4.98 Å². The molecule has 0 atom stereocenters. The third-order valence-electron chi connectivity index (χ3n) is 7.31. The van der Waals surface area contributed by atoms with E-state index < -0.39 is 0 Å². The second kappa shape index (κ2) is 17.7. The highest BCUT2D eigenvalue weighted by Crippen LogP contribution is 2.31. The fourth-order valence-electron chi connectivity index (χ4n) is 4.84. The summed E-state index contributed by atoms with van der Waals surface area (Å²) in [5, 5.41) is 29.1. The fraction of sp³-hybridized carbons (Fsp3) is 0.351. The summed E-state index contributed by atoms with van der Waals surface area (Å²) in [7, 11) is 0. The minimum atomic E-state index is 0.0454. The van der Waals surface area contributed by atoms with E-state index in [0.717, 1.165) is 94.3 Å². The maximum Gasteiger partial charge on any atom is 0.188 e. The molecule has 0 unspecified atom stereocenters. The molecule has 0 bridgehead atoms. The van der Waals surface area contributed by atoms with Gasteiger partial charge in [-0.15, -0.1) is 0 Å². The molecule has 10 heteroatoms. The van der Waals surface area contributed by atoms with Gasteiger partial charge in [0.15, 0.2) is 22.8 Å². The maximum atomic E-state index is 9.40. The molecule has 10 nitrogen and oxygen atoms in total. The van der Waals surface area contributed by atoms with Crippen LogP contribution in [0.3, 0.4) is 0 Å². The average molecular weight is 643 g/mol. The van der Waals surface area contributed by atoms with E-state index in [1.807, 2.05) is 45.9 Å². The predicted octanol–water partition coefficient (Wildman–Crippen LogP) is 7.81. The van der Waals surface area contributed by atoms with Crippen LogP contribution in [-0.4, -0.2) is 41.4 Å². The highest BCUT2D eigenvalue weighted by atomic mass is 16.6. The van der Waals surface area contributed by atoms with E-state index in [1.165, 1.54) is 5.56 Å². The summed E-state index contributed by atoms with van der Waals surface area (Å²) in [4.78, 5) is 13.9. The molecular formula is C37H50N6O4. The van der Waals surface area contributed by atoms with Crippen LogP contribution in [0.2, 0.25) is 0 Å². The maximum absolute atomic E-state index is 9.40. The summed E-state index contributed by atoms with van der Waals surface area (Å²) in [5.74, 6) is 6.39. The Kier molecular flexibility index (Phi) is 13.7. The van der Waals surface area contributed by atoms with Crippen molar-refractivity contribution in [3.63, 3.8) is 0 Å². The number of aromatic hydroxyl groups is 2. The number of hydrogen-bond donors (Lipinski definition) is 6. The summed E-state index contributed by atoms with van der Waals surface area (Å²) < 4.78 is 6.10. The molecule has 7 N–H and O–H groups in total. The van der Waals surface area contributed by atoms with E-state index >= 15 is 0 Å². The molecule has 0 amide bonds. The zero-order valence-corrected chi connectivity index (χ0v) is 28.9. The first-order chi connectivity index (χ1) is 22.5. The monoisotopic (exact) mass is 642 g/mol. The highest BCUT2D eigenvalue weighted by molar-refractivity contribution is 5.81. The summed E-state index contributed by atoms with van der Waals surface area (Å²) in [6.07, 6.45) is 1.04. The molecule has 0 aromatic heterocycles. The molecule has 1 aliphatic heterocycles. The quantitative estimate of drug-likeness (QED) is 0.0699. The first-order valence-corrected chi connectivity index (χ1v) is 16.1. The Labute approximate surface area is 278 Å². The van der Waals surface area contributed by atoms with Crippen LogP contribution < -0.4 is 32.0 Å². The van der Waals surface area contributed by atoms with Crippen LogP contribution in [-0.2, 0) is 0 Å². The van der Waals surface area contributed by atoms with Gasteiger partial charge >= 0.3 is 0 Å². The van der Waals surface area contributed by atoms with Crippen molar-refractivity contribution in [1.82, 2.24) is 4.98 Å². The van der Waals surface area contributed by atoms with Gasteiger partial charge in [0, 0.05) is 67.5 Å². The number of anilines is 3. The van der Waals surface area contributed by atoms with Crippen molar-refractivity contribution >= 4 is 28.2 Å². The molecule has 252 valence electrons. The molecule has 3 aromatic rings. The predicted molar refractivity (Wildman–Crippen MR) is 194 cm³/mol. The van der Waals surface area contributed by atoms with E-state index in [4.69, 9.17) is 20.4 Å². The van der Waals surface area contributed by atoms with Gasteiger partial charge in [-0.05, 0) is 101 Å². The Morgan fingerprint density at radius 2 is 1.36 bits per heavy atom. The van der Waals surface area contributed by atoms with E-state index in [-0.39, 0.29) is 5.75 Å². The number of nitrogens with zero attached hydrogens (tertiary/aromatic N) is 2. The Hall–Kier alpha value is -4.96. The number of aryl methyl sites for hydroxylation is 4. The van der Waals surface area contributed by atoms with Crippen LogP contribution in [0, 0.1) is 27.7 Å². The van der Waals surface area contributed by atoms with E-state index in [1.54, 1.807) is 24.3 Å². The van der Waals surface area contributed by atoms with Crippen LogP contribution in [0.5, 0.6) is 17.2 Å². The Balaban J connectivity index is 0.000000212.